The molecule has 0 aromatic heterocycles. The molecule has 0 bridgehead atoms. The van der Waals surface area contributed by atoms with Crippen LogP contribution in [0.25, 0.3) is 0 Å². The van der Waals surface area contributed by atoms with Crippen LogP contribution in [0.2, 0.25) is 0 Å². The molecule has 1 aromatic carbocycles. The van der Waals surface area contributed by atoms with Gasteiger partial charge in [-0.3, -0.25) is 4.79 Å². The molecule has 1 rings (SSSR count). The fraction of sp³-hybridized carbons (Fsp3) is 0.462. The van der Waals surface area contributed by atoms with Crippen molar-refractivity contribution in [3.05, 3.63) is 35.4 Å². The van der Waals surface area contributed by atoms with Crippen molar-refractivity contribution in [2.24, 2.45) is 11.7 Å². The second kappa shape index (κ2) is 6.44. The van der Waals surface area contributed by atoms with Gasteiger partial charge in [-0.2, -0.15) is 0 Å². The van der Waals surface area contributed by atoms with Crippen LogP contribution in [0.1, 0.15) is 18.9 Å². The predicted molar refractivity (Wildman–Crippen MR) is 65.7 cm³/mol. The molecule has 100 valence electrons. The number of carbonyl (C=O) groups is 1. The molecule has 1 amide bonds. The lowest BCUT2D eigenvalue weighted by Gasteiger charge is -2.22. The second-order valence-corrected chi connectivity index (χ2v) is 4.28. The Labute approximate surface area is 106 Å². The highest BCUT2D eigenvalue weighted by Crippen LogP contribution is 2.12. The second-order valence-electron chi connectivity index (χ2n) is 4.28. The van der Waals surface area contributed by atoms with Gasteiger partial charge in [0.2, 0.25) is 5.91 Å². The van der Waals surface area contributed by atoms with Crippen LogP contribution in [0.5, 0.6) is 0 Å². The molecular formula is C13H18F2N2O. The number of benzene rings is 1. The molecule has 5 heteroatoms. The molecule has 0 aliphatic heterocycles. The Balaban J connectivity index is 2.71. The molecule has 0 saturated heterocycles. The lowest BCUT2D eigenvalue weighted by atomic mass is 10.1. The van der Waals surface area contributed by atoms with Crippen molar-refractivity contribution in [2.45, 2.75) is 19.9 Å². The fourth-order valence-corrected chi connectivity index (χ4v) is 1.74. The van der Waals surface area contributed by atoms with Gasteiger partial charge in [-0.1, -0.05) is 13.0 Å². The first kappa shape index (κ1) is 14.6. The smallest absolute Gasteiger partial charge is 0.226 e. The molecular weight excluding hydrogens is 238 g/mol. The normalized spacial score (nSPS) is 12.3. The van der Waals surface area contributed by atoms with Gasteiger partial charge in [0.25, 0.3) is 0 Å². The maximum absolute atomic E-state index is 13.0. The Bertz CT molecular complexity index is 419. The fourth-order valence-electron chi connectivity index (χ4n) is 1.74. The average Bonchev–Trinajstić information content (AvgIpc) is 2.35. The summed E-state index contributed by atoms with van der Waals surface area (Å²) in [6.45, 7) is 2.42. The number of hydrogen-bond acceptors (Lipinski definition) is 2. The van der Waals surface area contributed by atoms with Gasteiger partial charge >= 0.3 is 0 Å². The number of halogens is 2. The molecule has 0 aliphatic rings. The van der Waals surface area contributed by atoms with Crippen molar-refractivity contribution in [1.82, 2.24) is 4.90 Å². The molecule has 3 nitrogen and oxygen atoms in total. The Morgan fingerprint density at radius 3 is 2.56 bits per heavy atom. The Morgan fingerprint density at radius 2 is 2.06 bits per heavy atom. The monoisotopic (exact) mass is 256 g/mol. The first-order valence-corrected chi connectivity index (χ1v) is 5.88. The first-order valence-electron chi connectivity index (χ1n) is 5.88. The minimum atomic E-state index is -0.904. The van der Waals surface area contributed by atoms with Crippen LogP contribution in [0.4, 0.5) is 8.78 Å². The van der Waals surface area contributed by atoms with Gasteiger partial charge in [0.05, 0.1) is 5.92 Å². The maximum Gasteiger partial charge on any atom is 0.226 e. The summed E-state index contributed by atoms with van der Waals surface area (Å²) in [7, 11) is 1.63. The number of carbonyl (C=O) groups excluding carboxylic acids is 1. The van der Waals surface area contributed by atoms with Gasteiger partial charge in [-0.05, 0) is 24.1 Å². The predicted octanol–water partition coefficient (Wildman–Crippen LogP) is 1.91. The molecule has 0 aliphatic carbocycles. The summed E-state index contributed by atoms with van der Waals surface area (Å²) in [5.74, 6) is -2.09. The van der Waals surface area contributed by atoms with E-state index < -0.39 is 11.6 Å². The van der Waals surface area contributed by atoms with E-state index in [1.807, 2.05) is 6.92 Å². The van der Waals surface area contributed by atoms with Crippen LogP contribution in [-0.4, -0.2) is 24.4 Å². The molecule has 1 atom stereocenters. The highest BCUT2D eigenvalue weighted by Gasteiger charge is 2.19. The molecule has 18 heavy (non-hydrogen) atoms. The highest BCUT2D eigenvalue weighted by molar-refractivity contribution is 5.78. The Hall–Kier alpha value is -1.49. The highest BCUT2D eigenvalue weighted by atomic mass is 19.2. The van der Waals surface area contributed by atoms with Crippen molar-refractivity contribution in [1.29, 1.82) is 0 Å². The van der Waals surface area contributed by atoms with Crippen molar-refractivity contribution >= 4 is 5.91 Å². The van der Waals surface area contributed by atoms with Gasteiger partial charge in [0.1, 0.15) is 0 Å². The molecule has 0 fully saturated rings. The summed E-state index contributed by atoms with van der Waals surface area (Å²) >= 11 is 0. The van der Waals surface area contributed by atoms with Gasteiger partial charge in [-0.25, -0.2) is 8.78 Å². The molecule has 0 spiro atoms. The van der Waals surface area contributed by atoms with Crippen LogP contribution < -0.4 is 5.73 Å². The third-order valence-electron chi connectivity index (χ3n) is 2.91. The van der Waals surface area contributed by atoms with Crippen LogP contribution >= 0.6 is 0 Å². The zero-order chi connectivity index (χ0) is 13.7. The SMILES string of the molecule is CCC(CN)C(=O)N(C)Cc1ccc(F)c(F)c1. The minimum Gasteiger partial charge on any atom is -0.341 e. The minimum absolute atomic E-state index is 0.0790. The third-order valence-corrected chi connectivity index (χ3v) is 2.91. The van der Waals surface area contributed by atoms with Gasteiger partial charge < -0.3 is 10.6 Å². The average molecular weight is 256 g/mol. The number of nitrogens with two attached hydrogens (primary N) is 1. The summed E-state index contributed by atoms with van der Waals surface area (Å²) in [5.41, 5.74) is 6.05. The van der Waals surface area contributed by atoms with E-state index in [1.165, 1.54) is 11.0 Å². The van der Waals surface area contributed by atoms with Gasteiger partial charge in [-0.15, -0.1) is 0 Å². The van der Waals surface area contributed by atoms with E-state index in [1.54, 1.807) is 7.05 Å². The van der Waals surface area contributed by atoms with Crippen LogP contribution in [0.15, 0.2) is 18.2 Å². The lowest BCUT2D eigenvalue weighted by molar-refractivity contribution is -0.134. The zero-order valence-electron chi connectivity index (χ0n) is 10.6. The third kappa shape index (κ3) is 3.50. The standard InChI is InChI=1S/C13H18F2N2O/c1-3-10(7-16)13(18)17(2)8-9-4-5-11(14)12(15)6-9/h4-6,10H,3,7-8,16H2,1-2H3. The largest absolute Gasteiger partial charge is 0.341 e. The number of nitrogens with zero attached hydrogens (tertiary/aromatic N) is 1. The molecule has 1 unspecified atom stereocenters. The van der Waals surface area contributed by atoms with E-state index in [-0.39, 0.29) is 24.9 Å². The summed E-state index contributed by atoms with van der Waals surface area (Å²) in [6, 6.07) is 3.62. The Kier molecular flexibility index (Phi) is 5.22. The van der Waals surface area contributed by atoms with Crippen molar-refractivity contribution in [3.63, 3.8) is 0 Å². The number of amides is 1. The molecule has 2 N–H and O–H groups in total. The first-order chi connectivity index (χ1) is 8.49. The Morgan fingerprint density at radius 1 is 1.39 bits per heavy atom. The molecule has 0 saturated carbocycles. The van der Waals surface area contributed by atoms with Crippen molar-refractivity contribution < 1.29 is 13.6 Å². The van der Waals surface area contributed by atoms with Gasteiger partial charge in [0, 0.05) is 20.1 Å². The summed E-state index contributed by atoms with van der Waals surface area (Å²) in [5, 5.41) is 0. The number of rotatable bonds is 5. The summed E-state index contributed by atoms with van der Waals surface area (Å²) in [4.78, 5) is 13.4. The van der Waals surface area contributed by atoms with Crippen molar-refractivity contribution in [2.75, 3.05) is 13.6 Å². The maximum atomic E-state index is 13.0. The summed E-state index contributed by atoms with van der Waals surface area (Å²) in [6.07, 6.45) is 0.664. The van der Waals surface area contributed by atoms with E-state index in [2.05, 4.69) is 0 Å². The van der Waals surface area contributed by atoms with E-state index in [0.717, 1.165) is 12.1 Å². The summed E-state index contributed by atoms with van der Waals surface area (Å²) < 4.78 is 25.8. The molecule has 1 aromatic rings. The van der Waals surface area contributed by atoms with E-state index in [4.69, 9.17) is 5.73 Å². The number of hydrogen-bond donors (Lipinski definition) is 1. The topological polar surface area (TPSA) is 46.3 Å². The van der Waals surface area contributed by atoms with E-state index >= 15 is 0 Å². The van der Waals surface area contributed by atoms with Crippen molar-refractivity contribution in [3.8, 4) is 0 Å². The molecule has 0 radical (unpaired) electrons. The van der Waals surface area contributed by atoms with Gasteiger partial charge in [0.15, 0.2) is 11.6 Å². The molecule has 0 heterocycles. The van der Waals surface area contributed by atoms with Crippen LogP contribution in [0.3, 0.4) is 0 Å². The zero-order valence-corrected chi connectivity index (χ0v) is 10.6. The van der Waals surface area contributed by atoms with E-state index in [9.17, 15) is 13.6 Å². The van der Waals surface area contributed by atoms with Crippen LogP contribution in [0, 0.1) is 17.6 Å². The quantitative estimate of drug-likeness (QED) is 0.874. The lowest BCUT2D eigenvalue weighted by Crippen LogP contribution is -2.35. The van der Waals surface area contributed by atoms with E-state index in [0.29, 0.717) is 12.0 Å². The van der Waals surface area contributed by atoms with Crippen LogP contribution in [-0.2, 0) is 11.3 Å².